The molecule has 2 N–H and O–H groups in total. The van der Waals surface area contributed by atoms with Crippen molar-refractivity contribution in [2.75, 3.05) is 0 Å². The number of nitrogens with one attached hydrogen (secondary N) is 2. The van der Waals surface area contributed by atoms with Crippen LogP contribution in [0.25, 0.3) is 0 Å². The number of urea groups is 1. The van der Waals surface area contributed by atoms with E-state index >= 15 is 0 Å². The predicted octanol–water partition coefficient (Wildman–Crippen LogP) is 3.61. The third kappa shape index (κ3) is 3.67. The van der Waals surface area contributed by atoms with Crippen LogP contribution in [0.1, 0.15) is 68.1 Å². The van der Waals surface area contributed by atoms with Crippen molar-refractivity contribution >= 4 is 6.03 Å². The predicted molar refractivity (Wildman–Crippen MR) is 92.8 cm³/mol. The molecule has 0 radical (unpaired) electrons. The van der Waals surface area contributed by atoms with Crippen molar-refractivity contribution in [2.24, 2.45) is 0 Å². The summed E-state index contributed by atoms with van der Waals surface area (Å²) in [6.45, 7) is 0.500. The van der Waals surface area contributed by atoms with E-state index in [1.807, 2.05) is 30.3 Å². The molecule has 1 heterocycles. The van der Waals surface area contributed by atoms with E-state index in [2.05, 4.69) is 20.8 Å². The largest absolute Gasteiger partial charge is 0.337 e. The Hall–Kier alpha value is -2.37. The summed E-state index contributed by atoms with van der Waals surface area (Å²) in [5.74, 6) is 1.82. The molecule has 132 valence electrons. The van der Waals surface area contributed by atoms with Gasteiger partial charge in [0.15, 0.2) is 5.82 Å². The summed E-state index contributed by atoms with van der Waals surface area (Å²) in [6, 6.07) is 9.71. The van der Waals surface area contributed by atoms with Crippen molar-refractivity contribution < 1.29 is 9.32 Å². The smallest absolute Gasteiger partial charge is 0.315 e. The van der Waals surface area contributed by atoms with Crippen molar-refractivity contribution in [2.45, 2.75) is 62.9 Å². The zero-order chi connectivity index (χ0) is 17.1. The van der Waals surface area contributed by atoms with Gasteiger partial charge in [0, 0.05) is 12.5 Å². The van der Waals surface area contributed by atoms with Crippen molar-refractivity contribution in [3.8, 4) is 0 Å². The molecule has 6 nitrogen and oxygen atoms in total. The molecular formula is C19H24N4O2. The van der Waals surface area contributed by atoms with E-state index in [1.165, 1.54) is 6.42 Å². The first kappa shape index (κ1) is 16.1. The van der Waals surface area contributed by atoms with Gasteiger partial charge in [-0.05, 0) is 31.2 Å². The van der Waals surface area contributed by atoms with Gasteiger partial charge in [0.2, 0.25) is 0 Å². The van der Waals surface area contributed by atoms with Gasteiger partial charge in [-0.1, -0.05) is 54.8 Å². The molecule has 0 unspecified atom stereocenters. The second kappa shape index (κ2) is 6.86. The highest BCUT2D eigenvalue weighted by atomic mass is 16.5. The third-order valence-electron chi connectivity index (χ3n) is 5.15. The van der Waals surface area contributed by atoms with Gasteiger partial charge in [0.05, 0.1) is 0 Å². The normalized spacial score (nSPS) is 19.4. The fraction of sp³-hybridized carbons (Fsp3) is 0.526. The van der Waals surface area contributed by atoms with Crippen LogP contribution in [0, 0.1) is 0 Å². The molecule has 1 aromatic heterocycles. The van der Waals surface area contributed by atoms with Crippen LogP contribution >= 0.6 is 0 Å². The average Bonchev–Trinajstić information content (AvgIpc) is 3.38. The zero-order valence-electron chi connectivity index (χ0n) is 14.3. The minimum absolute atomic E-state index is 0.183. The maximum Gasteiger partial charge on any atom is 0.315 e. The first-order valence-corrected chi connectivity index (χ1v) is 9.19. The number of carbonyl (C=O) groups is 1. The number of hydrogen-bond donors (Lipinski definition) is 2. The molecule has 2 amide bonds. The minimum atomic E-state index is -0.529. The van der Waals surface area contributed by atoms with Gasteiger partial charge in [-0.3, -0.25) is 0 Å². The number of rotatable bonds is 5. The minimum Gasteiger partial charge on any atom is -0.337 e. The Kier molecular flexibility index (Phi) is 4.42. The number of hydrogen-bond acceptors (Lipinski definition) is 4. The summed E-state index contributed by atoms with van der Waals surface area (Å²) in [5.41, 5.74) is 0.545. The van der Waals surface area contributed by atoms with Crippen LogP contribution in [-0.2, 0) is 12.1 Å². The molecule has 2 saturated carbocycles. The zero-order valence-corrected chi connectivity index (χ0v) is 14.3. The summed E-state index contributed by atoms with van der Waals surface area (Å²) >= 11 is 0. The first-order valence-electron chi connectivity index (χ1n) is 9.19. The molecule has 25 heavy (non-hydrogen) atoms. The molecule has 2 aromatic rings. The molecule has 4 rings (SSSR count). The first-order chi connectivity index (χ1) is 12.3. The SMILES string of the molecule is O=C(NCc1ccccc1)NC1(c2nc(C3CC3)no2)CCCCC1. The monoisotopic (exact) mass is 340 g/mol. The summed E-state index contributed by atoms with van der Waals surface area (Å²) in [5, 5.41) is 10.2. The lowest BCUT2D eigenvalue weighted by atomic mass is 9.81. The van der Waals surface area contributed by atoms with E-state index in [-0.39, 0.29) is 6.03 Å². The molecule has 0 bridgehead atoms. The number of nitrogens with zero attached hydrogens (tertiary/aromatic N) is 2. The van der Waals surface area contributed by atoms with Crippen molar-refractivity contribution in [3.63, 3.8) is 0 Å². The fourth-order valence-corrected chi connectivity index (χ4v) is 3.52. The van der Waals surface area contributed by atoms with Gasteiger partial charge >= 0.3 is 6.03 Å². The molecule has 2 aliphatic rings. The van der Waals surface area contributed by atoms with Gasteiger partial charge < -0.3 is 15.2 Å². The molecule has 2 aliphatic carbocycles. The second-order valence-electron chi connectivity index (χ2n) is 7.17. The molecule has 2 fully saturated rings. The average molecular weight is 340 g/mol. The van der Waals surface area contributed by atoms with Crippen LogP contribution in [0.4, 0.5) is 4.79 Å². The van der Waals surface area contributed by atoms with E-state index in [4.69, 9.17) is 4.52 Å². The highest BCUT2D eigenvalue weighted by Gasteiger charge is 2.42. The van der Waals surface area contributed by atoms with Gasteiger partial charge in [0.25, 0.3) is 5.89 Å². The Morgan fingerprint density at radius 3 is 2.64 bits per heavy atom. The van der Waals surface area contributed by atoms with E-state index in [9.17, 15) is 4.79 Å². The lowest BCUT2D eigenvalue weighted by molar-refractivity contribution is 0.167. The summed E-state index contributed by atoms with van der Waals surface area (Å²) in [4.78, 5) is 17.1. The molecular weight excluding hydrogens is 316 g/mol. The molecule has 0 aliphatic heterocycles. The van der Waals surface area contributed by atoms with Crippen LogP contribution in [0.15, 0.2) is 34.9 Å². The van der Waals surface area contributed by atoms with Crippen molar-refractivity contribution in [3.05, 3.63) is 47.6 Å². The molecule has 0 spiro atoms. The van der Waals surface area contributed by atoms with E-state index in [1.54, 1.807) is 0 Å². The molecule has 6 heteroatoms. The van der Waals surface area contributed by atoms with E-state index < -0.39 is 5.54 Å². The third-order valence-corrected chi connectivity index (χ3v) is 5.15. The fourth-order valence-electron chi connectivity index (χ4n) is 3.52. The lowest BCUT2D eigenvalue weighted by Gasteiger charge is -2.34. The standard InChI is InChI=1S/C19H24N4O2/c24-18(20-13-14-7-3-1-4-8-14)22-19(11-5-2-6-12-19)17-21-16(23-25-17)15-9-10-15/h1,3-4,7-8,15H,2,5-6,9-13H2,(H2,20,22,24). The highest BCUT2D eigenvalue weighted by Crippen LogP contribution is 2.41. The summed E-state index contributed by atoms with van der Waals surface area (Å²) in [7, 11) is 0. The summed E-state index contributed by atoms with van der Waals surface area (Å²) < 4.78 is 5.57. The lowest BCUT2D eigenvalue weighted by Crippen LogP contribution is -2.51. The number of benzene rings is 1. The quantitative estimate of drug-likeness (QED) is 0.871. The Morgan fingerprint density at radius 2 is 1.92 bits per heavy atom. The number of amides is 2. The van der Waals surface area contributed by atoms with Crippen LogP contribution in [0.3, 0.4) is 0 Å². The van der Waals surface area contributed by atoms with Crippen LogP contribution in [0.5, 0.6) is 0 Å². The summed E-state index contributed by atoms with van der Waals surface area (Å²) in [6.07, 6.45) is 7.25. The van der Waals surface area contributed by atoms with Crippen molar-refractivity contribution in [1.82, 2.24) is 20.8 Å². The maximum atomic E-state index is 12.5. The van der Waals surface area contributed by atoms with Gasteiger partial charge in [-0.15, -0.1) is 0 Å². The van der Waals surface area contributed by atoms with Gasteiger partial charge in [0.1, 0.15) is 5.54 Å². The molecule has 0 saturated heterocycles. The Morgan fingerprint density at radius 1 is 1.16 bits per heavy atom. The van der Waals surface area contributed by atoms with Crippen LogP contribution in [0.2, 0.25) is 0 Å². The Balaban J connectivity index is 1.45. The second-order valence-corrected chi connectivity index (χ2v) is 7.17. The number of carbonyl (C=O) groups excluding carboxylic acids is 1. The Labute approximate surface area is 147 Å². The molecule has 1 aromatic carbocycles. The van der Waals surface area contributed by atoms with E-state index in [0.717, 1.165) is 49.9 Å². The topological polar surface area (TPSA) is 80.0 Å². The van der Waals surface area contributed by atoms with Gasteiger partial charge in [-0.2, -0.15) is 4.98 Å². The van der Waals surface area contributed by atoms with Crippen LogP contribution in [-0.4, -0.2) is 16.2 Å². The van der Waals surface area contributed by atoms with E-state index in [0.29, 0.717) is 18.4 Å². The number of aromatic nitrogens is 2. The highest BCUT2D eigenvalue weighted by molar-refractivity contribution is 5.74. The van der Waals surface area contributed by atoms with Crippen LogP contribution < -0.4 is 10.6 Å². The van der Waals surface area contributed by atoms with Gasteiger partial charge in [-0.25, -0.2) is 4.79 Å². The maximum absolute atomic E-state index is 12.5. The van der Waals surface area contributed by atoms with Crippen molar-refractivity contribution in [1.29, 1.82) is 0 Å². The molecule has 0 atom stereocenters. The Bertz CT molecular complexity index is 718.